The Labute approximate surface area is 124 Å². The first-order valence-electron chi connectivity index (χ1n) is 5.44. The molecule has 116 valence electrons. The predicted octanol–water partition coefficient (Wildman–Crippen LogP) is 1.82. The van der Waals surface area contributed by atoms with Crippen LogP contribution >= 0.6 is 12.2 Å². The standard InChI is InChI=1S/C10H6F3N5O3S/c11-10(12,13)8-15-16-9(22)17(8)14-4-5-1-2-7(19)6(3-5)18(20)21/h1-4,19H,(H,16,22)/p-1/b14-4-. The third kappa shape index (κ3) is 3.11. The number of nitrogens with zero attached hydrogens (tertiary/aromatic N) is 4. The van der Waals surface area contributed by atoms with Gasteiger partial charge in [0.25, 0.3) is 11.5 Å². The summed E-state index contributed by atoms with van der Waals surface area (Å²) in [5, 5.41) is 30.3. The van der Waals surface area contributed by atoms with Crippen LogP contribution in [0.2, 0.25) is 0 Å². The SMILES string of the molecule is O=[N+]([O-])c1cc(/C=N\n2c(C(F)(F)F)n[nH]c2=S)ccc1[O-]. The molecule has 0 fully saturated rings. The summed E-state index contributed by atoms with van der Waals surface area (Å²) in [5.41, 5.74) is -0.654. The van der Waals surface area contributed by atoms with Crippen LogP contribution in [0, 0.1) is 14.9 Å². The Kier molecular flexibility index (Phi) is 3.95. The maximum atomic E-state index is 12.7. The Balaban J connectivity index is 2.42. The number of hydrogen-bond donors (Lipinski definition) is 1. The van der Waals surface area contributed by atoms with Crippen LogP contribution in [0.1, 0.15) is 11.4 Å². The van der Waals surface area contributed by atoms with Crippen LogP contribution in [0.4, 0.5) is 18.9 Å². The molecule has 0 atom stereocenters. The van der Waals surface area contributed by atoms with Gasteiger partial charge in [-0.15, -0.1) is 5.10 Å². The van der Waals surface area contributed by atoms with E-state index in [-0.39, 0.29) is 5.56 Å². The molecule has 0 saturated heterocycles. The average molecular weight is 332 g/mol. The summed E-state index contributed by atoms with van der Waals surface area (Å²) >= 11 is 4.62. The summed E-state index contributed by atoms with van der Waals surface area (Å²) in [7, 11) is 0. The van der Waals surface area contributed by atoms with Crippen molar-refractivity contribution in [1.82, 2.24) is 14.9 Å². The van der Waals surface area contributed by atoms with Gasteiger partial charge in [-0.3, -0.25) is 10.1 Å². The van der Waals surface area contributed by atoms with Crippen molar-refractivity contribution in [3.63, 3.8) is 0 Å². The molecule has 0 saturated carbocycles. The molecule has 1 aromatic heterocycles. The van der Waals surface area contributed by atoms with E-state index >= 15 is 0 Å². The van der Waals surface area contributed by atoms with Crippen molar-refractivity contribution in [2.75, 3.05) is 0 Å². The molecule has 0 radical (unpaired) electrons. The maximum absolute atomic E-state index is 12.7. The van der Waals surface area contributed by atoms with Crippen molar-refractivity contribution in [3.05, 3.63) is 44.5 Å². The first-order chi connectivity index (χ1) is 10.2. The number of nitrogens with one attached hydrogen (secondary N) is 1. The number of halogens is 3. The van der Waals surface area contributed by atoms with Crippen LogP contribution in [-0.2, 0) is 6.18 Å². The van der Waals surface area contributed by atoms with E-state index in [0.29, 0.717) is 4.68 Å². The molecule has 1 heterocycles. The largest absolute Gasteiger partial charge is 0.868 e. The molecule has 2 aromatic rings. The number of nitro benzene ring substituents is 1. The zero-order valence-corrected chi connectivity index (χ0v) is 11.2. The van der Waals surface area contributed by atoms with E-state index in [9.17, 15) is 28.4 Å². The maximum Gasteiger partial charge on any atom is 0.453 e. The minimum absolute atomic E-state index is 0.0579. The number of nitro groups is 1. The van der Waals surface area contributed by atoms with Crippen LogP contribution in [0.5, 0.6) is 5.75 Å². The topological polar surface area (TPSA) is 112 Å². The van der Waals surface area contributed by atoms with Crippen LogP contribution in [0.25, 0.3) is 0 Å². The molecular weight excluding hydrogens is 327 g/mol. The molecular formula is C10H5F3N5O3S-. The summed E-state index contributed by atoms with van der Waals surface area (Å²) in [6, 6.07) is 2.98. The Morgan fingerprint density at radius 1 is 1.45 bits per heavy atom. The lowest BCUT2D eigenvalue weighted by molar-refractivity contribution is -0.398. The summed E-state index contributed by atoms with van der Waals surface area (Å²) in [6.45, 7) is 0. The minimum Gasteiger partial charge on any atom is -0.868 e. The number of H-pyrrole nitrogens is 1. The highest BCUT2D eigenvalue weighted by Crippen LogP contribution is 2.27. The molecule has 12 heteroatoms. The first-order valence-corrected chi connectivity index (χ1v) is 5.85. The van der Waals surface area contributed by atoms with Crippen LogP contribution in [-0.4, -0.2) is 26.0 Å². The number of alkyl halides is 3. The fourth-order valence-electron chi connectivity index (χ4n) is 1.46. The van der Waals surface area contributed by atoms with Gasteiger partial charge in [0.05, 0.1) is 11.1 Å². The normalized spacial score (nSPS) is 12.0. The summed E-state index contributed by atoms with van der Waals surface area (Å²) in [5.74, 6) is -2.19. The van der Waals surface area contributed by atoms with E-state index in [1.165, 1.54) is 6.07 Å². The van der Waals surface area contributed by atoms with Crippen LogP contribution in [0.3, 0.4) is 0 Å². The molecule has 22 heavy (non-hydrogen) atoms. The second kappa shape index (κ2) is 5.55. The Morgan fingerprint density at radius 3 is 2.73 bits per heavy atom. The van der Waals surface area contributed by atoms with Gasteiger partial charge in [0.15, 0.2) is 0 Å². The van der Waals surface area contributed by atoms with Gasteiger partial charge >= 0.3 is 6.18 Å². The molecule has 0 bridgehead atoms. The van der Waals surface area contributed by atoms with Gasteiger partial charge in [-0.2, -0.15) is 22.9 Å². The first kappa shape index (κ1) is 15.6. The van der Waals surface area contributed by atoms with Gasteiger partial charge in [-0.1, -0.05) is 12.1 Å². The van der Waals surface area contributed by atoms with Crippen molar-refractivity contribution in [2.24, 2.45) is 5.10 Å². The predicted molar refractivity (Wildman–Crippen MR) is 67.9 cm³/mol. The minimum atomic E-state index is -4.78. The molecule has 0 amide bonds. The highest BCUT2D eigenvalue weighted by atomic mass is 32.1. The molecule has 0 spiro atoms. The fraction of sp³-hybridized carbons (Fsp3) is 0.100. The lowest BCUT2D eigenvalue weighted by Crippen LogP contribution is -2.12. The molecule has 0 aliphatic carbocycles. The van der Waals surface area contributed by atoms with E-state index in [1.807, 2.05) is 5.10 Å². The van der Waals surface area contributed by atoms with Crippen molar-refractivity contribution in [1.29, 1.82) is 0 Å². The number of rotatable bonds is 3. The van der Waals surface area contributed by atoms with E-state index in [2.05, 4.69) is 22.4 Å². The highest BCUT2D eigenvalue weighted by molar-refractivity contribution is 7.71. The van der Waals surface area contributed by atoms with Gasteiger partial charge < -0.3 is 5.11 Å². The summed E-state index contributed by atoms with van der Waals surface area (Å²) in [4.78, 5) is 9.72. The molecule has 2 rings (SSSR count). The highest BCUT2D eigenvalue weighted by Gasteiger charge is 2.37. The smallest absolute Gasteiger partial charge is 0.453 e. The molecule has 8 nitrogen and oxygen atoms in total. The lowest BCUT2D eigenvalue weighted by atomic mass is 10.2. The van der Waals surface area contributed by atoms with E-state index in [4.69, 9.17) is 0 Å². The molecule has 1 N–H and O–H groups in total. The Hall–Kier alpha value is -2.76. The third-order valence-electron chi connectivity index (χ3n) is 2.41. The quantitative estimate of drug-likeness (QED) is 0.399. The molecule has 0 unspecified atom stereocenters. The lowest BCUT2D eigenvalue weighted by Gasteiger charge is -2.06. The summed E-state index contributed by atoms with van der Waals surface area (Å²) in [6.07, 6.45) is -3.89. The van der Waals surface area contributed by atoms with Crippen LogP contribution < -0.4 is 5.11 Å². The number of aromatic amines is 1. The number of aromatic nitrogens is 3. The van der Waals surface area contributed by atoms with Crippen LogP contribution in [0.15, 0.2) is 23.3 Å². The van der Waals surface area contributed by atoms with Gasteiger partial charge in [0.1, 0.15) is 0 Å². The van der Waals surface area contributed by atoms with Gasteiger partial charge in [0.2, 0.25) is 4.77 Å². The van der Waals surface area contributed by atoms with E-state index in [1.54, 1.807) is 0 Å². The van der Waals surface area contributed by atoms with Crippen molar-refractivity contribution in [2.45, 2.75) is 6.18 Å². The Morgan fingerprint density at radius 2 is 2.14 bits per heavy atom. The van der Waals surface area contributed by atoms with Crippen molar-refractivity contribution < 1.29 is 23.2 Å². The van der Waals surface area contributed by atoms with Crippen molar-refractivity contribution >= 4 is 24.1 Å². The zero-order valence-electron chi connectivity index (χ0n) is 10.4. The van der Waals surface area contributed by atoms with E-state index < -0.39 is 33.1 Å². The second-order valence-electron chi connectivity index (χ2n) is 3.89. The second-order valence-corrected chi connectivity index (χ2v) is 4.28. The average Bonchev–Trinajstić information content (AvgIpc) is 2.78. The van der Waals surface area contributed by atoms with Gasteiger partial charge in [-0.05, 0) is 18.0 Å². The fourth-order valence-corrected chi connectivity index (χ4v) is 1.64. The van der Waals surface area contributed by atoms with Crippen molar-refractivity contribution in [3.8, 4) is 5.75 Å². The number of hydrogen-bond acceptors (Lipinski definition) is 6. The number of benzene rings is 1. The van der Waals surface area contributed by atoms with E-state index in [0.717, 1.165) is 18.3 Å². The van der Waals surface area contributed by atoms with Gasteiger partial charge in [0, 0.05) is 11.6 Å². The van der Waals surface area contributed by atoms with Gasteiger partial charge in [-0.25, -0.2) is 5.10 Å². The molecule has 1 aromatic carbocycles. The molecule has 0 aliphatic rings. The zero-order chi connectivity index (χ0) is 16.5. The monoisotopic (exact) mass is 332 g/mol. The Bertz CT molecular complexity index is 811. The molecule has 0 aliphatic heterocycles. The summed E-state index contributed by atoms with van der Waals surface area (Å²) < 4.78 is 37.9. The third-order valence-corrected chi connectivity index (χ3v) is 2.67.